The molecule has 0 aliphatic carbocycles. The largest absolute Gasteiger partial charge is 0.496 e. The van der Waals surface area contributed by atoms with E-state index in [2.05, 4.69) is 26.2 Å². The van der Waals surface area contributed by atoms with Gasteiger partial charge in [-0.3, -0.25) is 14.2 Å². The fourth-order valence-electron chi connectivity index (χ4n) is 2.93. The highest BCUT2D eigenvalue weighted by atomic mass is 79.9. The van der Waals surface area contributed by atoms with E-state index in [4.69, 9.17) is 4.74 Å². The maximum Gasteiger partial charge on any atom is 0.261 e. The maximum absolute atomic E-state index is 12.6. The molecule has 27 heavy (non-hydrogen) atoms. The lowest BCUT2D eigenvalue weighted by atomic mass is 10.1. The van der Waals surface area contributed by atoms with Gasteiger partial charge in [0.2, 0.25) is 5.91 Å². The van der Waals surface area contributed by atoms with Crippen LogP contribution in [-0.4, -0.2) is 22.6 Å². The lowest BCUT2D eigenvalue weighted by Gasteiger charge is -2.17. The molecule has 0 spiro atoms. The molecule has 1 heterocycles. The Morgan fingerprint density at radius 1 is 1.30 bits per heavy atom. The number of rotatable bonds is 6. The Bertz CT molecular complexity index is 1030. The molecule has 0 radical (unpaired) electrons. The van der Waals surface area contributed by atoms with Crippen LogP contribution >= 0.6 is 15.9 Å². The van der Waals surface area contributed by atoms with Crippen molar-refractivity contribution in [3.05, 3.63) is 69.2 Å². The van der Waals surface area contributed by atoms with Crippen molar-refractivity contribution in [1.29, 1.82) is 0 Å². The number of ether oxygens (including phenoxy) is 1. The number of hydrogen-bond donors (Lipinski definition) is 1. The van der Waals surface area contributed by atoms with Crippen LogP contribution in [0.3, 0.4) is 0 Å². The number of methoxy groups -OCH3 is 1. The Kier molecular flexibility index (Phi) is 5.91. The molecule has 0 fully saturated rings. The SMILES string of the molecule is COc1ccccc1C(C)NC(=O)CCn1cnc2ccc(Br)cc2c1=O. The highest BCUT2D eigenvalue weighted by molar-refractivity contribution is 9.10. The van der Waals surface area contributed by atoms with Crippen molar-refractivity contribution in [2.45, 2.75) is 25.9 Å². The number of carbonyl (C=O) groups is 1. The lowest BCUT2D eigenvalue weighted by molar-refractivity contribution is -0.122. The number of hydrogen-bond acceptors (Lipinski definition) is 4. The summed E-state index contributed by atoms with van der Waals surface area (Å²) in [6.45, 7) is 2.16. The van der Waals surface area contributed by atoms with E-state index in [0.29, 0.717) is 10.9 Å². The monoisotopic (exact) mass is 429 g/mol. The summed E-state index contributed by atoms with van der Waals surface area (Å²) in [5, 5.41) is 3.47. The van der Waals surface area contributed by atoms with E-state index in [0.717, 1.165) is 15.8 Å². The first-order chi connectivity index (χ1) is 13.0. The third-order valence-corrected chi connectivity index (χ3v) is 4.84. The zero-order valence-electron chi connectivity index (χ0n) is 15.1. The molecule has 0 saturated carbocycles. The number of nitrogens with zero attached hydrogens (tertiary/aromatic N) is 2. The minimum atomic E-state index is -0.198. The molecule has 6 nitrogen and oxygen atoms in total. The number of fused-ring (bicyclic) bond motifs is 1. The van der Waals surface area contributed by atoms with Crippen LogP contribution in [0.5, 0.6) is 5.75 Å². The minimum Gasteiger partial charge on any atom is -0.496 e. The van der Waals surface area contributed by atoms with Gasteiger partial charge in [0.25, 0.3) is 5.56 Å². The van der Waals surface area contributed by atoms with Crippen LogP contribution in [-0.2, 0) is 11.3 Å². The number of benzene rings is 2. The van der Waals surface area contributed by atoms with Gasteiger partial charge in [0.05, 0.1) is 30.4 Å². The van der Waals surface area contributed by atoms with Gasteiger partial charge in [0.1, 0.15) is 5.75 Å². The predicted octanol–water partition coefficient (Wildman–Crippen LogP) is 3.44. The van der Waals surface area contributed by atoms with E-state index in [-0.39, 0.29) is 30.5 Å². The highest BCUT2D eigenvalue weighted by Crippen LogP contribution is 2.24. The molecule has 0 aliphatic heterocycles. The normalized spacial score (nSPS) is 12.0. The fraction of sp³-hybridized carbons (Fsp3) is 0.250. The van der Waals surface area contributed by atoms with E-state index in [1.165, 1.54) is 10.9 Å². The second kappa shape index (κ2) is 8.35. The van der Waals surface area contributed by atoms with Crippen molar-refractivity contribution in [3.8, 4) is 5.75 Å². The van der Waals surface area contributed by atoms with Crippen LogP contribution < -0.4 is 15.6 Å². The van der Waals surface area contributed by atoms with Gasteiger partial charge in [-0.1, -0.05) is 34.1 Å². The Hall–Kier alpha value is -2.67. The molecule has 0 bridgehead atoms. The number of amides is 1. The molecule has 1 atom stereocenters. The van der Waals surface area contributed by atoms with Crippen LogP contribution in [0.1, 0.15) is 24.9 Å². The number of halogens is 1. The predicted molar refractivity (Wildman–Crippen MR) is 108 cm³/mol. The first kappa shape index (κ1) is 19.1. The van der Waals surface area contributed by atoms with Gasteiger partial charge >= 0.3 is 0 Å². The number of nitrogens with one attached hydrogen (secondary N) is 1. The quantitative estimate of drug-likeness (QED) is 0.651. The zero-order chi connectivity index (χ0) is 19.4. The summed E-state index contributed by atoms with van der Waals surface area (Å²) >= 11 is 3.36. The van der Waals surface area contributed by atoms with Crippen molar-refractivity contribution in [2.75, 3.05) is 7.11 Å². The number of aromatic nitrogens is 2. The number of aryl methyl sites for hydroxylation is 1. The van der Waals surface area contributed by atoms with Crippen LogP contribution in [0.25, 0.3) is 10.9 Å². The van der Waals surface area contributed by atoms with Crippen molar-refractivity contribution in [3.63, 3.8) is 0 Å². The molecule has 0 saturated heterocycles. The molecular weight excluding hydrogens is 410 g/mol. The molecule has 1 N–H and O–H groups in total. The van der Waals surface area contributed by atoms with E-state index in [1.807, 2.05) is 37.3 Å². The molecule has 1 amide bonds. The van der Waals surface area contributed by atoms with Gasteiger partial charge in [-0.2, -0.15) is 0 Å². The summed E-state index contributed by atoms with van der Waals surface area (Å²) in [4.78, 5) is 29.2. The average Bonchev–Trinajstić information content (AvgIpc) is 2.67. The van der Waals surface area contributed by atoms with Crippen molar-refractivity contribution < 1.29 is 9.53 Å². The van der Waals surface area contributed by atoms with Crippen molar-refractivity contribution in [2.24, 2.45) is 0 Å². The van der Waals surface area contributed by atoms with Gasteiger partial charge in [0, 0.05) is 23.0 Å². The summed E-state index contributed by atoms with van der Waals surface area (Å²) in [6, 6.07) is 12.7. The molecule has 3 rings (SSSR count). The molecule has 140 valence electrons. The van der Waals surface area contributed by atoms with Crippen LogP contribution in [0, 0.1) is 0 Å². The first-order valence-corrected chi connectivity index (χ1v) is 9.36. The number of carbonyl (C=O) groups excluding carboxylic acids is 1. The van der Waals surface area contributed by atoms with Crippen LogP contribution in [0.4, 0.5) is 0 Å². The fourth-order valence-corrected chi connectivity index (χ4v) is 3.29. The molecule has 1 unspecified atom stereocenters. The van der Waals surface area contributed by atoms with Crippen LogP contribution in [0.15, 0.2) is 58.1 Å². The van der Waals surface area contributed by atoms with Gasteiger partial charge in [-0.25, -0.2) is 4.98 Å². The third kappa shape index (κ3) is 4.36. The van der Waals surface area contributed by atoms with Gasteiger partial charge < -0.3 is 10.1 Å². The standard InChI is InChI=1S/C20H20BrN3O3/c1-13(15-5-3-4-6-18(15)27-2)23-19(25)9-10-24-12-22-17-8-7-14(21)11-16(17)20(24)26/h3-8,11-13H,9-10H2,1-2H3,(H,23,25). The van der Waals surface area contributed by atoms with Crippen molar-refractivity contribution >= 4 is 32.7 Å². The second-order valence-corrected chi connectivity index (χ2v) is 7.10. The average molecular weight is 430 g/mol. The Labute approximate surface area is 165 Å². The summed E-state index contributed by atoms with van der Waals surface area (Å²) in [5.74, 6) is 0.584. The minimum absolute atomic E-state index is 0.144. The van der Waals surface area contributed by atoms with E-state index < -0.39 is 0 Å². The summed E-state index contributed by atoms with van der Waals surface area (Å²) in [6.07, 6.45) is 1.66. The molecule has 0 aliphatic rings. The highest BCUT2D eigenvalue weighted by Gasteiger charge is 2.14. The third-order valence-electron chi connectivity index (χ3n) is 4.35. The maximum atomic E-state index is 12.6. The topological polar surface area (TPSA) is 73.2 Å². The molecular formula is C20H20BrN3O3. The van der Waals surface area contributed by atoms with Gasteiger partial charge in [0.15, 0.2) is 0 Å². The Morgan fingerprint density at radius 2 is 2.07 bits per heavy atom. The van der Waals surface area contributed by atoms with Gasteiger partial charge in [-0.15, -0.1) is 0 Å². The Balaban J connectivity index is 1.68. The first-order valence-electron chi connectivity index (χ1n) is 8.56. The van der Waals surface area contributed by atoms with E-state index >= 15 is 0 Å². The van der Waals surface area contributed by atoms with E-state index in [9.17, 15) is 9.59 Å². The Morgan fingerprint density at radius 3 is 2.85 bits per heavy atom. The summed E-state index contributed by atoms with van der Waals surface area (Å²) in [7, 11) is 1.60. The van der Waals surface area contributed by atoms with Crippen molar-refractivity contribution in [1.82, 2.24) is 14.9 Å². The molecule has 1 aromatic heterocycles. The zero-order valence-corrected chi connectivity index (χ0v) is 16.7. The number of para-hydroxylation sites is 1. The second-order valence-electron chi connectivity index (χ2n) is 6.19. The molecule has 2 aromatic carbocycles. The van der Waals surface area contributed by atoms with Crippen LogP contribution in [0.2, 0.25) is 0 Å². The molecule has 7 heteroatoms. The van der Waals surface area contributed by atoms with E-state index in [1.54, 1.807) is 19.2 Å². The summed E-state index contributed by atoms with van der Waals surface area (Å²) < 4.78 is 7.61. The molecule has 3 aromatic rings. The smallest absolute Gasteiger partial charge is 0.261 e. The summed E-state index contributed by atoms with van der Waals surface area (Å²) in [5.41, 5.74) is 1.38. The lowest BCUT2D eigenvalue weighted by Crippen LogP contribution is -2.29. The van der Waals surface area contributed by atoms with Gasteiger partial charge in [-0.05, 0) is 31.2 Å².